The Bertz CT molecular complexity index is 1010. The number of benzene rings is 1. The van der Waals surface area contributed by atoms with Gasteiger partial charge >= 0.3 is 0 Å². The molecule has 0 amide bonds. The summed E-state index contributed by atoms with van der Waals surface area (Å²) in [6.45, 7) is 24.2. The van der Waals surface area contributed by atoms with Crippen LogP contribution in [-0.4, -0.2) is 17.7 Å². The van der Waals surface area contributed by atoms with Gasteiger partial charge < -0.3 is 4.98 Å². The standard InChI is InChI=1S/C26H32N2.C3H4.C2H6/c1-9-12-25(27-8)20(7)17(4)15-23-18(5)13-22(14-19(23)6)26-16-21(10-2)24(11-3)28-26;1-3-2;1-2/h9-14,16,28H,2-3,15H2,1,4-8H3;1H,2H3;1-2H3/b12-9-,20-17+,27-25?;;. The molecule has 2 aromatic rings. The number of aryl methyl sites for hydroxylation is 2. The van der Waals surface area contributed by atoms with Gasteiger partial charge in [0.2, 0.25) is 0 Å². The van der Waals surface area contributed by atoms with Crippen molar-refractivity contribution in [1.29, 1.82) is 0 Å². The highest BCUT2D eigenvalue weighted by Crippen LogP contribution is 2.29. The predicted molar refractivity (Wildman–Crippen MR) is 152 cm³/mol. The molecule has 0 spiro atoms. The molecule has 2 rings (SSSR count). The Morgan fingerprint density at radius 3 is 2.03 bits per heavy atom. The van der Waals surface area contributed by atoms with Crippen LogP contribution in [0.15, 0.2) is 59.6 Å². The average Bonchev–Trinajstić information content (AvgIpc) is 3.24. The van der Waals surface area contributed by atoms with Gasteiger partial charge in [0.15, 0.2) is 0 Å². The van der Waals surface area contributed by atoms with Crippen LogP contribution in [0, 0.1) is 26.2 Å². The molecular formula is C31H42N2. The largest absolute Gasteiger partial charge is 0.355 e. The molecule has 1 aromatic carbocycles. The molecule has 33 heavy (non-hydrogen) atoms. The molecule has 0 fully saturated rings. The first kappa shape index (κ1) is 29.7. The molecule has 0 aliphatic carbocycles. The van der Waals surface area contributed by atoms with Crippen molar-refractivity contribution in [2.75, 3.05) is 7.05 Å². The van der Waals surface area contributed by atoms with Gasteiger partial charge in [0.25, 0.3) is 0 Å². The van der Waals surface area contributed by atoms with Crippen molar-refractivity contribution in [3.05, 3.63) is 82.6 Å². The minimum absolute atomic E-state index is 0.931. The highest BCUT2D eigenvalue weighted by atomic mass is 14.7. The molecular weight excluding hydrogens is 400 g/mol. The van der Waals surface area contributed by atoms with Crippen LogP contribution in [0.5, 0.6) is 0 Å². The van der Waals surface area contributed by atoms with Gasteiger partial charge in [0, 0.05) is 18.4 Å². The Morgan fingerprint density at radius 2 is 1.64 bits per heavy atom. The zero-order chi connectivity index (χ0) is 25.6. The molecule has 0 radical (unpaired) electrons. The summed E-state index contributed by atoms with van der Waals surface area (Å²) in [6, 6.07) is 6.66. The summed E-state index contributed by atoms with van der Waals surface area (Å²) in [5.41, 5.74) is 12.0. The number of nitrogens with zero attached hydrogens (tertiary/aromatic N) is 1. The number of hydrogen-bond acceptors (Lipinski definition) is 1. The van der Waals surface area contributed by atoms with Crippen molar-refractivity contribution in [2.45, 2.75) is 61.8 Å². The van der Waals surface area contributed by atoms with Crippen LogP contribution < -0.4 is 0 Å². The minimum Gasteiger partial charge on any atom is -0.355 e. The Kier molecular flexibility index (Phi) is 13.9. The molecule has 176 valence electrons. The van der Waals surface area contributed by atoms with Crippen molar-refractivity contribution < 1.29 is 0 Å². The monoisotopic (exact) mass is 442 g/mol. The number of aliphatic imine (C=N–C) groups is 1. The fourth-order valence-corrected chi connectivity index (χ4v) is 3.55. The van der Waals surface area contributed by atoms with E-state index in [2.05, 4.69) is 87.4 Å². The number of aromatic nitrogens is 1. The van der Waals surface area contributed by atoms with Gasteiger partial charge in [-0.15, -0.1) is 12.3 Å². The molecule has 0 aliphatic rings. The van der Waals surface area contributed by atoms with Crippen LogP contribution in [0.2, 0.25) is 0 Å². The first-order valence-electron chi connectivity index (χ1n) is 11.5. The number of H-pyrrole nitrogens is 1. The number of rotatable bonds is 7. The van der Waals surface area contributed by atoms with Gasteiger partial charge in [-0.05, 0) is 112 Å². The maximum absolute atomic E-state index is 4.60. The third-order valence-corrected chi connectivity index (χ3v) is 5.34. The number of nitrogens with one attached hydrogen (secondary N) is 1. The summed E-state index contributed by atoms with van der Waals surface area (Å²) >= 11 is 0. The highest BCUT2D eigenvalue weighted by molar-refractivity contribution is 6.08. The van der Waals surface area contributed by atoms with Crippen molar-refractivity contribution in [2.24, 2.45) is 4.99 Å². The number of terminal acetylenes is 1. The van der Waals surface area contributed by atoms with E-state index in [0.717, 1.165) is 29.1 Å². The Morgan fingerprint density at radius 1 is 1.09 bits per heavy atom. The molecule has 0 unspecified atom stereocenters. The average molecular weight is 443 g/mol. The summed E-state index contributed by atoms with van der Waals surface area (Å²) < 4.78 is 0. The van der Waals surface area contributed by atoms with Gasteiger partial charge in [-0.25, -0.2) is 0 Å². The maximum Gasteiger partial charge on any atom is 0.0596 e. The van der Waals surface area contributed by atoms with Crippen molar-refractivity contribution in [3.8, 4) is 23.6 Å². The summed E-state index contributed by atoms with van der Waals surface area (Å²) in [7, 11) is 1.85. The second-order valence-corrected chi connectivity index (χ2v) is 7.53. The summed E-state index contributed by atoms with van der Waals surface area (Å²) in [5, 5.41) is 0. The van der Waals surface area contributed by atoms with Crippen LogP contribution in [0.4, 0.5) is 0 Å². The van der Waals surface area contributed by atoms with E-state index in [9.17, 15) is 0 Å². The first-order chi connectivity index (χ1) is 15.8. The van der Waals surface area contributed by atoms with Gasteiger partial charge in [0.1, 0.15) is 0 Å². The summed E-state index contributed by atoms with van der Waals surface area (Å²) in [4.78, 5) is 7.86. The molecule has 1 N–H and O–H groups in total. The Balaban J connectivity index is 0.00000189. The van der Waals surface area contributed by atoms with Crippen LogP contribution in [0.1, 0.15) is 69.5 Å². The molecule has 1 heterocycles. The molecule has 0 saturated carbocycles. The van der Waals surface area contributed by atoms with E-state index in [1.807, 2.05) is 46.0 Å². The van der Waals surface area contributed by atoms with E-state index in [1.54, 1.807) is 6.92 Å². The number of aromatic amines is 1. The predicted octanol–water partition coefficient (Wildman–Crippen LogP) is 8.78. The van der Waals surface area contributed by atoms with Crippen LogP contribution in [0.25, 0.3) is 23.4 Å². The zero-order valence-electron chi connectivity index (χ0n) is 22.2. The number of hydrogen-bond donors (Lipinski definition) is 1. The molecule has 0 saturated heterocycles. The molecule has 0 bridgehead atoms. The lowest BCUT2D eigenvalue weighted by atomic mass is 9.91. The lowest BCUT2D eigenvalue weighted by Gasteiger charge is -2.15. The minimum atomic E-state index is 0.931. The van der Waals surface area contributed by atoms with Crippen molar-refractivity contribution in [3.63, 3.8) is 0 Å². The third kappa shape index (κ3) is 8.28. The Hall–Kier alpha value is -3.31. The zero-order valence-corrected chi connectivity index (χ0v) is 22.2. The van der Waals surface area contributed by atoms with E-state index in [-0.39, 0.29) is 0 Å². The normalized spacial score (nSPS) is 11.5. The fourth-order valence-electron chi connectivity index (χ4n) is 3.55. The molecule has 1 aromatic heterocycles. The SMILES string of the molecule is C#CC.C=Cc1cc(-c2cc(C)c(C/C(C)=C(\C)C(/C=C\C)=NC)c(C)c2)[nH]c1C=C.CC. The van der Waals surface area contributed by atoms with Crippen LogP contribution >= 0.6 is 0 Å². The smallest absolute Gasteiger partial charge is 0.0596 e. The quantitative estimate of drug-likeness (QED) is 0.328. The van der Waals surface area contributed by atoms with E-state index in [1.165, 1.54) is 33.4 Å². The fraction of sp³-hybridized carbons (Fsp3) is 0.323. The van der Waals surface area contributed by atoms with Gasteiger partial charge in [-0.3, -0.25) is 4.99 Å². The maximum atomic E-state index is 4.60. The van der Waals surface area contributed by atoms with E-state index in [0.29, 0.717) is 0 Å². The second kappa shape index (κ2) is 15.5. The highest BCUT2D eigenvalue weighted by Gasteiger charge is 2.12. The summed E-state index contributed by atoms with van der Waals surface area (Å²) in [6.07, 6.45) is 13.3. The Labute approximate surface area is 203 Å². The van der Waals surface area contributed by atoms with E-state index in [4.69, 9.17) is 0 Å². The first-order valence-corrected chi connectivity index (χ1v) is 11.5. The van der Waals surface area contributed by atoms with Gasteiger partial charge in [-0.2, -0.15) is 0 Å². The molecule has 0 atom stereocenters. The van der Waals surface area contributed by atoms with Gasteiger partial charge in [-0.1, -0.05) is 44.7 Å². The van der Waals surface area contributed by atoms with Gasteiger partial charge in [0.05, 0.1) is 5.71 Å². The van der Waals surface area contributed by atoms with Crippen molar-refractivity contribution in [1.82, 2.24) is 4.98 Å². The van der Waals surface area contributed by atoms with Crippen LogP contribution in [0.3, 0.4) is 0 Å². The third-order valence-electron chi connectivity index (χ3n) is 5.34. The topological polar surface area (TPSA) is 28.1 Å². The molecule has 2 nitrogen and oxygen atoms in total. The van der Waals surface area contributed by atoms with E-state index < -0.39 is 0 Å². The van der Waals surface area contributed by atoms with E-state index >= 15 is 0 Å². The van der Waals surface area contributed by atoms with Crippen molar-refractivity contribution >= 4 is 17.9 Å². The summed E-state index contributed by atoms with van der Waals surface area (Å²) in [5.74, 6) is 2.25. The molecule has 2 heteroatoms. The second-order valence-electron chi connectivity index (χ2n) is 7.53. The number of allylic oxidation sites excluding steroid dienone is 4. The lowest BCUT2D eigenvalue weighted by Crippen LogP contribution is -2.03. The van der Waals surface area contributed by atoms with Crippen LogP contribution in [-0.2, 0) is 6.42 Å². The lowest BCUT2D eigenvalue weighted by molar-refractivity contribution is 1.07. The molecule has 0 aliphatic heterocycles.